The van der Waals surface area contributed by atoms with Crippen molar-refractivity contribution in [3.8, 4) is 11.7 Å². The van der Waals surface area contributed by atoms with Gasteiger partial charge in [-0.2, -0.15) is 0 Å². The highest BCUT2D eigenvalue weighted by Crippen LogP contribution is 2.23. The van der Waals surface area contributed by atoms with E-state index in [-0.39, 0.29) is 17.4 Å². The number of oxazole rings is 1. The lowest BCUT2D eigenvalue weighted by Gasteiger charge is -1.87. The lowest BCUT2D eigenvalue weighted by atomic mass is 10.2. The molecule has 0 aromatic carbocycles. The molecule has 0 bridgehead atoms. The van der Waals surface area contributed by atoms with Crippen molar-refractivity contribution in [3.63, 3.8) is 0 Å². The average Bonchev–Trinajstić information content (AvgIpc) is 2.72. The first-order valence-corrected chi connectivity index (χ1v) is 4.72. The van der Waals surface area contributed by atoms with E-state index in [0.29, 0.717) is 17.3 Å². The van der Waals surface area contributed by atoms with Crippen molar-refractivity contribution in [1.82, 2.24) is 4.98 Å². The Morgan fingerprint density at radius 1 is 1.53 bits per heavy atom. The van der Waals surface area contributed by atoms with Crippen LogP contribution in [0.5, 0.6) is 0 Å². The molecule has 2 heterocycles. The molecule has 0 fully saturated rings. The Bertz CT molecular complexity index is 486. The van der Waals surface area contributed by atoms with Gasteiger partial charge in [0.15, 0.2) is 11.0 Å². The number of carbonyl (C=O) groups excluding carboxylic acids is 1. The normalized spacial score (nSPS) is 10.5. The maximum absolute atomic E-state index is 10.8. The third-order valence-corrected chi connectivity index (χ3v) is 1.97. The molecule has 2 aromatic rings. The van der Waals surface area contributed by atoms with Crippen LogP contribution in [-0.4, -0.2) is 10.8 Å². The Morgan fingerprint density at radius 2 is 2.33 bits per heavy atom. The zero-order valence-corrected chi connectivity index (χ0v) is 8.75. The Labute approximate surface area is 90.9 Å². The van der Waals surface area contributed by atoms with Gasteiger partial charge in [-0.1, -0.05) is 0 Å². The fourth-order valence-electron chi connectivity index (χ4n) is 1.19. The van der Waals surface area contributed by atoms with Crippen molar-refractivity contribution in [3.05, 3.63) is 29.3 Å². The molecule has 0 spiro atoms. The minimum atomic E-state index is 0.0346. The number of rotatable bonds is 3. The van der Waals surface area contributed by atoms with Gasteiger partial charge >= 0.3 is 0 Å². The summed E-state index contributed by atoms with van der Waals surface area (Å²) in [5.41, 5.74) is 0.588. The van der Waals surface area contributed by atoms with Crippen LogP contribution in [0.3, 0.4) is 0 Å². The summed E-state index contributed by atoms with van der Waals surface area (Å²) in [6.45, 7) is 1.50. The maximum atomic E-state index is 10.8. The van der Waals surface area contributed by atoms with E-state index >= 15 is 0 Å². The zero-order valence-electron chi connectivity index (χ0n) is 7.99. The van der Waals surface area contributed by atoms with Crippen molar-refractivity contribution in [1.29, 1.82) is 0 Å². The van der Waals surface area contributed by atoms with Gasteiger partial charge in [-0.3, -0.25) is 4.79 Å². The number of hydrogen-bond acceptors (Lipinski definition) is 4. The molecular formula is C10H8ClNO3. The average molecular weight is 226 g/mol. The van der Waals surface area contributed by atoms with Crippen LogP contribution in [-0.2, 0) is 11.2 Å². The van der Waals surface area contributed by atoms with Gasteiger partial charge < -0.3 is 8.83 Å². The largest absolute Gasteiger partial charge is 0.442 e. The predicted molar refractivity (Wildman–Crippen MR) is 53.6 cm³/mol. The van der Waals surface area contributed by atoms with Crippen LogP contribution in [0, 0.1) is 0 Å². The van der Waals surface area contributed by atoms with E-state index in [2.05, 4.69) is 4.98 Å². The number of nitrogens with zero attached hydrogens (tertiary/aromatic N) is 1. The second-order valence-electron chi connectivity index (χ2n) is 3.13. The highest BCUT2D eigenvalue weighted by molar-refractivity contribution is 6.28. The van der Waals surface area contributed by atoms with E-state index < -0.39 is 0 Å². The third kappa shape index (κ3) is 2.27. The smallest absolute Gasteiger partial charge is 0.263 e. The molecule has 0 atom stereocenters. The number of carbonyl (C=O) groups is 1. The predicted octanol–water partition coefficient (Wildman–Crippen LogP) is 2.72. The van der Waals surface area contributed by atoms with E-state index in [9.17, 15) is 4.79 Å². The Hall–Kier alpha value is -1.55. The first-order valence-electron chi connectivity index (χ1n) is 4.34. The molecule has 78 valence electrons. The first-order chi connectivity index (χ1) is 7.15. The van der Waals surface area contributed by atoms with E-state index in [0.717, 1.165) is 0 Å². The number of ketones is 1. The molecule has 0 aliphatic heterocycles. The van der Waals surface area contributed by atoms with Crippen LogP contribution in [0.15, 0.2) is 27.2 Å². The Kier molecular flexibility index (Phi) is 2.60. The minimum absolute atomic E-state index is 0.0346. The van der Waals surface area contributed by atoms with Crippen molar-refractivity contribution >= 4 is 17.4 Å². The number of furan rings is 1. The van der Waals surface area contributed by atoms with Crippen LogP contribution < -0.4 is 0 Å². The molecule has 2 aromatic heterocycles. The van der Waals surface area contributed by atoms with Crippen molar-refractivity contribution in [2.75, 3.05) is 0 Å². The van der Waals surface area contributed by atoms with Crippen LogP contribution >= 0.6 is 11.6 Å². The molecule has 0 saturated carbocycles. The summed E-state index contributed by atoms with van der Waals surface area (Å²) in [4.78, 5) is 14.9. The van der Waals surface area contributed by atoms with Crippen molar-refractivity contribution in [2.45, 2.75) is 13.3 Å². The summed E-state index contributed by atoms with van der Waals surface area (Å²) in [7, 11) is 0. The molecule has 4 nitrogen and oxygen atoms in total. The second-order valence-corrected chi connectivity index (χ2v) is 3.50. The number of Topliss-reactive ketones (excluding diaryl/α,β-unsaturated/α-hetero) is 1. The quantitative estimate of drug-likeness (QED) is 0.806. The lowest BCUT2D eigenvalue weighted by molar-refractivity contribution is -0.116. The fraction of sp³-hybridized carbons (Fsp3) is 0.200. The van der Waals surface area contributed by atoms with Crippen LogP contribution in [0.2, 0.25) is 5.22 Å². The van der Waals surface area contributed by atoms with Crippen LogP contribution in [0.4, 0.5) is 0 Å². The summed E-state index contributed by atoms with van der Waals surface area (Å²) in [6, 6.07) is 3.26. The van der Waals surface area contributed by atoms with Gasteiger partial charge in [-0.25, -0.2) is 4.98 Å². The van der Waals surface area contributed by atoms with Crippen molar-refractivity contribution < 1.29 is 13.6 Å². The molecule has 0 radical (unpaired) electrons. The van der Waals surface area contributed by atoms with E-state index in [1.54, 1.807) is 12.1 Å². The number of hydrogen-bond donors (Lipinski definition) is 0. The monoisotopic (exact) mass is 225 g/mol. The molecular weight excluding hydrogens is 218 g/mol. The summed E-state index contributed by atoms with van der Waals surface area (Å²) < 4.78 is 10.3. The summed E-state index contributed by atoms with van der Waals surface area (Å²) in [5.74, 6) is 0.820. The molecule has 0 saturated heterocycles. The number of aromatic nitrogens is 1. The van der Waals surface area contributed by atoms with Gasteiger partial charge in [-0.05, 0) is 30.7 Å². The lowest BCUT2D eigenvalue weighted by Crippen LogP contribution is -1.95. The van der Waals surface area contributed by atoms with E-state index in [1.165, 1.54) is 13.2 Å². The molecule has 15 heavy (non-hydrogen) atoms. The van der Waals surface area contributed by atoms with Crippen LogP contribution in [0.25, 0.3) is 11.7 Å². The Balaban J connectivity index is 2.23. The van der Waals surface area contributed by atoms with Gasteiger partial charge in [0.2, 0.25) is 0 Å². The molecule has 5 heteroatoms. The van der Waals surface area contributed by atoms with Gasteiger partial charge in [-0.15, -0.1) is 0 Å². The third-order valence-electron chi connectivity index (χ3n) is 1.77. The minimum Gasteiger partial charge on any atom is -0.442 e. The summed E-state index contributed by atoms with van der Waals surface area (Å²) >= 11 is 5.61. The molecule has 0 aliphatic rings. The van der Waals surface area contributed by atoms with Crippen molar-refractivity contribution in [2.24, 2.45) is 0 Å². The molecule has 0 amide bonds. The van der Waals surface area contributed by atoms with Gasteiger partial charge in [0.05, 0.1) is 12.1 Å². The van der Waals surface area contributed by atoms with Gasteiger partial charge in [0, 0.05) is 0 Å². The second kappa shape index (κ2) is 3.90. The van der Waals surface area contributed by atoms with E-state index in [4.69, 9.17) is 20.4 Å². The standard InChI is InChI=1S/C10H8ClNO3/c1-6(13)4-7-5-14-10(12-7)8-2-3-9(11)15-8/h2-3,5H,4H2,1H3. The summed E-state index contributed by atoms with van der Waals surface area (Å²) in [6.07, 6.45) is 1.70. The van der Waals surface area contributed by atoms with Gasteiger partial charge in [0.1, 0.15) is 12.0 Å². The zero-order chi connectivity index (χ0) is 10.8. The number of halogens is 1. The highest BCUT2D eigenvalue weighted by atomic mass is 35.5. The summed E-state index contributed by atoms with van der Waals surface area (Å²) in [5, 5.41) is 0.274. The van der Waals surface area contributed by atoms with Gasteiger partial charge in [0.25, 0.3) is 5.89 Å². The molecule has 0 unspecified atom stereocenters. The molecule has 0 aliphatic carbocycles. The highest BCUT2D eigenvalue weighted by Gasteiger charge is 2.11. The molecule has 2 rings (SSSR count). The fourth-order valence-corrected chi connectivity index (χ4v) is 1.33. The molecule has 0 N–H and O–H groups in total. The topological polar surface area (TPSA) is 56.2 Å². The Morgan fingerprint density at radius 3 is 2.93 bits per heavy atom. The van der Waals surface area contributed by atoms with Crippen LogP contribution in [0.1, 0.15) is 12.6 Å². The first kappa shape index (κ1) is 9.98. The maximum Gasteiger partial charge on any atom is 0.263 e. The SMILES string of the molecule is CC(=O)Cc1coc(-c2ccc(Cl)o2)n1. The van der Waals surface area contributed by atoms with E-state index in [1.807, 2.05) is 0 Å².